The zero-order valence-electron chi connectivity index (χ0n) is 12.3. The van der Waals surface area contributed by atoms with Gasteiger partial charge in [0, 0.05) is 24.2 Å². The predicted molar refractivity (Wildman–Crippen MR) is 81.8 cm³/mol. The van der Waals surface area contributed by atoms with Crippen molar-refractivity contribution in [3.05, 3.63) is 29.0 Å². The number of pyridine rings is 1. The molecule has 1 aromatic heterocycles. The zero-order valence-corrected chi connectivity index (χ0v) is 13.1. The third-order valence-electron chi connectivity index (χ3n) is 3.91. The number of carbonyl (C=O) groups excluding carboxylic acids is 1. The minimum absolute atomic E-state index is 0.0832. The van der Waals surface area contributed by atoms with Gasteiger partial charge in [-0.25, -0.2) is 4.98 Å². The van der Waals surface area contributed by atoms with Gasteiger partial charge in [0.2, 0.25) is 5.91 Å². The van der Waals surface area contributed by atoms with Crippen LogP contribution >= 0.6 is 11.6 Å². The van der Waals surface area contributed by atoms with E-state index in [9.17, 15) is 4.79 Å². The normalized spacial score (nSPS) is 19.4. The van der Waals surface area contributed by atoms with Crippen LogP contribution in [0.4, 0.5) is 0 Å². The van der Waals surface area contributed by atoms with Crippen LogP contribution < -0.4 is 0 Å². The van der Waals surface area contributed by atoms with Crippen LogP contribution in [0, 0.1) is 5.92 Å². The highest BCUT2D eigenvalue weighted by atomic mass is 35.5. The summed E-state index contributed by atoms with van der Waals surface area (Å²) in [4.78, 5) is 18.7. The van der Waals surface area contributed by atoms with Crippen LogP contribution in [0.2, 0.25) is 5.15 Å². The molecule has 0 bridgehead atoms. The molecule has 1 fully saturated rings. The molecule has 1 aromatic rings. The van der Waals surface area contributed by atoms with E-state index in [1.54, 1.807) is 6.07 Å². The van der Waals surface area contributed by atoms with Gasteiger partial charge in [0.1, 0.15) is 5.15 Å². The maximum atomic E-state index is 12.3. The lowest BCUT2D eigenvalue weighted by Crippen LogP contribution is -2.45. The maximum absolute atomic E-state index is 12.3. The van der Waals surface area contributed by atoms with Crippen LogP contribution in [-0.2, 0) is 11.2 Å². The van der Waals surface area contributed by atoms with Gasteiger partial charge in [0.25, 0.3) is 0 Å². The van der Waals surface area contributed by atoms with E-state index < -0.39 is 0 Å². The minimum atomic E-state index is 0.0832. The maximum Gasteiger partial charge on any atom is 0.225 e. The van der Waals surface area contributed by atoms with E-state index in [1.807, 2.05) is 26.0 Å². The summed E-state index contributed by atoms with van der Waals surface area (Å²) in [6.07, 6.45) is 5.32. The zero-order chi connectivity index (χ0) is 14.5. The van der Waals surface area contributed by atoms with Gasteiger partial charge in [0.15, 0.2) is 0 Å². The Bertz CT molecular complexity index is 462. The molecule has 0 aromatic carbocycles. The van der Waals surface area contributed by atoms with Gasteiger partial charge in [0.05, 0.1) is 0 Å². The number of carbonyl (C=O) groups is 1. The van der Waals surface area contributed by atoms with Crippen LogP contribution in [0.15, 0.2) is 18.2 Å². The highest BCUT2D eigenvalue weighted by Gasteiger charge is 2.27. The Labute approximate surface area is 126 Å². The molecular formula is C16H23ClN2O. The number of hydrogen-bond acceptors (Lipinski definition) is 2. The number of piperidine rings is 1. The van der Waals surface area contributed by atoms with Crippen LogP contribution in [-0.4, -0.2) is 28.4 Å². The van der Waals surface area contributed by atoms with Gasteiger partial charge < -0.3 is 4.90 Å². The first-order chi connectivity index (χ1) is 9.58. The number of rotatable bonds is 4. The fourth-order valence-corrected chi connectivity index (χ4v) is 3.01. The Morgan fingerprint density at radius 2 is 2.25 bits per heavy atom. The van der Waals surface area contributed by atoms with E-state index in [0.29, 0.717) is 11.2 Å². The second-order valence-corrected chi connectivity index (χ2v) is 6.21. The molecule has 2 rings (SSSR count). The molecule has 1 amide bonds. The average molecular weight is 295 g/mol. The molecule has 3 nitrogen and oxygen atoms in total. The van der Waals surface area contributed by atoms with Gasteiger partial charge in [-0.05, 0) is 44.2 Å². The van der Waals surface area contributed by atoms with E-state index >= 15 is 0 Å². The van der Waals surface area contributed by atoms with Crippen molar-refractivity contribution in [3.63, 3.8) is 0 Å². The number of aromatic nitrogens is 1. The van der Waals surface area contributed by atoms with Crippen molar-refractivity contribution in [1.82, 2.24) is 9.88 Å². The smallest absolute Gasteiger partial charge is 0.225 e. The van der Waals surface area contributed by atoms with Gasteiger partial charge in [-0.1, -0.05) is 31.5 Å². The molecular weight excluding hydrogens is 272 g/mol. The fraction of sp³-hybridized carbons (Fsp3) is 0.625. The predicted octanol–water partition coefficient (Wildman–Crippen LogP) is 3.70. The van der Waals surface area contributed by atoms with Gasteiger partial charge in [-0.3, -0.25) is 4.79 Å². The molecule has 1 saturated heterocycles. The quantitative estimate of drug-likeness (QED) is 0.793. The van der Waals surface area contributed by atoms with Crippen molar-refractivity contribution in [2.24, 2.45) is 5.92 Å². The number of likely N-dealkylation sites (tertiary alicyclic amines) is 1. The molecule has 110 valence electrons. The average Bonchev–Trinajstić information content (AvgIpc) is 2.44. The third kappa shape index (κ3) is 3.95. The standard InChI is InChI=1S/C16H23ClN2O/c1-12(2)16(20)19-11-4-3-7-14(19)10-9-13-6-5-8-15(17)18-13/h5-6,8,12,14H,3-4,7,9-11H2,1-2H3. The lowest BCUT2D eigenvalue weighted by Gasteiger charge is -2.37. The molecule has 20 heavy (non-hydrogen) atoms. The first-order valence-corrected chi connectivity index (χ1v) is 7.87. The Kier molecular flexibility index (Phi) is 5.41. The second kappa shape index (κ2) is 7.07. The molecule has 1 aliphatic rings. The molecule has 1 atom stereocenters. The first kappa shape index (κ1) is 15.3. The summed E-state index contributed by atoms with van der Waals surface area (Å²) in [6, 6.07) is 6.09. The van der Waals surface area contributed by atoms with Crippen molar-refractivity contribution in [2.45, 2.75) is 52.0 Å². The van der Waals surface area contributed by atoms with Crippen molar-refractivity contribution in [2.75, 3.05) is 6.54 Å². The van der Waals surface area contributed by atoms with Crippen molar-refractivity contribution in [1.29, 1.82) is 0 Å². The number of aryl methyl sites for hydroxylation is 1. The lowest BCUT2D eigenvalue weighted by atomic mass is 9.95. The molecule has 1 aliphatic heterocycles. The monoisotopic (exact) mass is 294 g/mol. The van der Waals surface area contributed by atoms with Crippen molar-refractivity contribution >= 4 is 17.5 Å². The SMILES string of the molecule is CC(C)C(=O)N1CCCCC1CCc1cccc(Cl)n1. The summed E-state index contributed by atoms with van der Waals surface area (Å²) < 4.78 is 0. The molecule has 4 heteroatoms. The fourth-order valence-electron chi connectivity index (χ4n) is 2.83. The van der Waals surface area contributed by atoms with Crippen molar-refractivity contribution in [3.8, 4) is 0 Å². The Morgan fingerprint density at radius 3 is 2.95 bits per heavy atom. The summed E-state index contributed by atoms with van der Waals surface area (Å²) in [5.74, 6) is 0.369. The van der Waals surface area contributed by atoms with Crippen LogP contribution in [0.3, 0.4) is 0 Å². The molecule has 0 N–H and O–H groups in total. The Morgan fingerprint density at radius 1 is 1.45 bits per heavy atom. The van der Waals surface area contributed by atoms with Gasteiger partial charge >= 0.3 is 0 Å². The highest BCUT2D eigenvalue weighted by Crippen LogP contribution is 2.23. The second-order valence-electron chi connectivity index (χ2n) is 5.83. The van der Waals surface area contributed by atoms with Gasteiger partial charge in [-0.2, -0.15) is 0 Å². The van der Waals surface area contributed by atoms with E-state index in [4.69, 9.17) is 11.6 Å². The summed E-state index contributed by atoms with van der Waals surface area (Å²) >= 11 is 5.91. The van der Waals surface area contributed by atoms with E-state index in [0.717, 1.165) is 37.9 Å². The topological polar surface area (TPSA) is 33.2 Å². The largest absolute Gasteiger partial charge is 0.339 e. The molecule has 2 heterocycles. The first-order valence-electron chi connectivity index (χ1n) is 7.50. The van der Waals surface area contributed by atoms with Crippen molar-refractivity contribution < 1.29 is 4.79 Å². The van der Waals surface area contributed by atoms with Crippen LogP contribution in [0.5, 0.6) is 0 Å². The molecule has 0 aliphatic carbocycles. The van der Waals surface area contributed by atoms with E-state index in [1.165, 1.54) is 6.42 Å². The summed E-state index contributed by atoms with van der Waals surface area (Å²) in [5, 5.41) is 0.543. The summed E-state index contributed by atoms with van der Waals surface area (Å²) in [6.45, 7) is 4.86. The number of amides is 1. The third-order valence-corrected chi connectivity index (χ3v) is 4.12. The number of hydrogen-bond donors (Lipinski definition) is 0. The highest BCUT2D eigenvalue weighted by molar-refractivity contribution is 6.29. The summed E-state index contributed by atoms with van der Waals surface area (Å²) in [7, 11) is 0. The number of halogens is 1. The van der Waals surface area contributed by atoms with Crippen LogP contribution in [0.25, 0.3) is 0 Å². The molecule has 0 radical (unpaired) electrons. The Balaban J connectivity index is 1.97. The molecule has 0 spiro atoms. The van der Waals surface area contributed by atoms with Crippen LogP contribution in [0.1, 0.15) is 45.2 Å². The Hall–Kier alpha value is -1.09. The summed E-state index contributed by atoms with van der Waals surface area (Å²) in [5.41, 5.74) is 1.01. The molecule has 1 unspecified atom stereocenters. The number of nitrogens with zero attached hydrogens (tertiary/aromatic N) is 2. The van der Waals surface area contributed by atoms with E-state index in [-0.39, 0.29) is 11.8 Å². The van der Waals surface area contributed by atoms with E-state index in [2.05, 4.69) is 9.88 Å². The minimum Gasteiger partial charge on any atom is -0.339 e. The lowest BCUT2D eigenvalue weighted by molar-refractivity contribution is -0.138. The van der Waals surface area contributed by atoms with Gasteiger partial charge in [-0.15, -0.1) is 0 Å². The molecule has 0 saturated carbocycles.